The fourth-order valence-electron chi connectivity index (χ4n) is 1.34. The van der Waals surface area contributed by atoms with Gasteiger partial charge in [-0.15, -0.1) is 5.56 Å². The molecular formula is C14H17FeI-6. The molecule has 0 saturated heterocycles. The third-order valence-corrected chi connectivity index (χ3v) is 3.49. The summed E-state index contributed by atoms with van der Waals surface area (Å²) in [4.78, 5) is 0. The maximum atomic E-state index is 2.50. The molecule has 2 aromatic rings. The van der Waals surface area contributed by atoms with E-state index in [1.165, 1.54) is 18.4 Å². The van der Waals surface area contributed by atoms with E-state index >= 15 is 0 Å². The van der Waals surface area contributed by atoms with E-state index in [9.17, 15) is 0 Å². The molecule has 0 N–H and O–H groups in total. The van der Waals surface area contributed by atoms with Crippen LogP contribution in [0.25, 0.3) is 0 Å². The third-order valence-electron chi connectivity index (χ3n) is 2.15. The van der Waals surface area contributed by atoms with Crippen molar-refractivity contribution in [3.63, 3.8) is 0 Å². The summed E-state index contributed by atoms with van der Waals surface area (Å²) in [5, 5.41) is 0. The molecule has 16 heavy (non-hydrogen) atoms. The minimum Gasteiger partial charge on any atom is -0.748 e. The summed E-state index contributed by atoms with van der Waals surface area (Å²) in [6, 6.07) is 18.6. The van der Waals surface area contributed by atoms with Crippen LogP contribution in [0.15, 0.2) is 54.6 Å². The molecule has 0 heterocycles. The molecule has 0 amide bonds. The second-order valence-electron chi connectivity index (χ2n) is 3.44. The van der Waals surface area contributed by atoms with Gasteiger partial charge in [-0.25, -0.2) is 12.1 Å². The zero-order chi connectivity index (χ0) is 10.9. The van der Waals surface area contributed by atoms with Gasteiger partial charge in [0.25, 0.3) is 0 Å². The first kappa shape index (κ1) is 15.9. The quantitative estimate of drug-likeness (QED) is 0.307. The van der Waals surface area contributed by atoms with Crippen LogP contribution in [0.4, 0.5) is 0 Å². The van der Waals surface area contributed by atoms with Crippen LogP contribution >= 0.6 is 22.6 Å². The predicted octanol–water partition coefficient (Wildman–Crippen LogP) is 5.08. The van der Waals surface area contributed by atoms with E-state index in [4.69, 9.17) is 0 Å². The molecule has 2 heteroatoms. The van der Waals surface area contributed by atoms with Crippen molar-refractivity contribution in [3.8, 4) is 0 Å². The topological polar surface area (TPSA) is 0 Å². The van der Waals surface area contributed by atoms with Crippen molar-refractivity contribution in [1.82, 2.24) is 0 Å². The number of halogens is 1. The van der Waals surface area contributed by atoms with Gasteiger partial charge in [0.1, 0.15) is 0 Å². The molecule has 2 aromatic carbocycles. The van der Waals surface area contributed by atoms with Crippen LogP contribution in [0.5, 0.6) is 0 Å². The summed E-state index contributed by atoms with van der Waals surface area (Å²) in [6.45, 7) is 2.23. The molecule has 94 valence electrons. The van der Waals surface area contributed by atoms with Gasteiger partial charge in [-0.3, -0.25) is 0 Å². The fraction of sp³-hybridized carbons (Fsp3) is 0.286. The Morgan fingerprint density at radius 2 is 1.50 bits per heavy atom. The maximum Gasteiger partial charge on any atom is 0 e. The first-order valence-corrected chi connectivity index (χ1v) is 6.61. The molecule has 0 aliphatic rings. The van der Waals surface area contributed by atoms with Gasteiger partial charge in [0.05, 0.1) is 0 Å². The zero-order valence-electron chi connectivity index (χ0n) is 9.42. The van der Waals surface area contributed by atoms with Crippen LogP contribution in [0.2, 0.25) is 0 Å². The van der Waals surface area contributed by atoms with Crippen LogP contribution in [0.1, 0.15) is 29.3 Å². The Morgan fingerprint density at radius 1 is 1.06 bits per heavy atom. The number of hydrogen-bond donors (Lipinski definition) is 0. The molecule has 0 spiro atoms. The van der Waals surface area contributed by atoms with Crippen molar-refractivity contribution in [2.45, 2.75) is 23.7 Å². The summed E-state index contributed by atoms with van der Waals surface area (Å²) in [7, 11) is 0. The SMILES string of the molecule is CCCC(I)[c-]1cccc1.[Fe].[cH-]1[cH-][cH-][cH-][cH-]1. The van der Waals surface area contributed by atoms with Gasteiger partial charge in [0, 0.05) is 17.1 Å². The number of rotatable bonds is 3. The largest absolute Gasteiger partial charge is 0.748 e. The molecule has 0 saturated carbocycles. The summed E-state index contributed by atoms with van der Waals surface area (Å²) < 4.78 is 0.720. The second kappa shape index (κ2) is 10.1. The monoisotopic (exact) mass is 368 g/mol. The average molecular weight is 368 g/mol. The molecule has 0 nitrogen and oxygen atoms in total. The molecule has 1 unspecified atom stereocenters. The standard InChI is InChI=1S/C9H12I.C5H5.Fe/c1-2-5-9(10)8-6-3-4-7-8;1-2-4-5-3-1;/h3-4,6-7,9H,2,5H2,1H3;1-5H;/q-1;-5;. The van der Waals surface area contributed by atoms with Crippen molar-refractivity contribution in [2.75, 3.05) is 0 Å². The Morgan fingerprint density at radius 3 is 1.88 bits per heavy atom. The first-order chi connectivity index (χ1) is 7.34. The average Bonchev–Trinajstić information content (AvgIpc) is 2.95. The smallest absolute Gasteiger partial charge is 0 e. The minimum atomic E-state index is 0. The van der Waals surface area contributed by atoms with Crippen LogP contribution < -0.4 is 0 Å². The van der Waals surface area contributed by atoms with Crippen molar-refractivity contribution in [2.24, 2.45) is 0 Å². The Balaban J connectivity index is 0.000000318. The molecule has 0 fully saturated rings. The van der Waals surface area contributed by atoms with Gasteiger partial charge in [0.2, 0.25) is 0 Å². The third kappa shape index (κ3) is 6.51. The van der Waals surface area contributed by atoms with Crippen LogP contribution in [0.3, 0.4) is 0 Å². The van der Waals surface area contributed by atoms with E-state index in [0.29, 0.717) is 0 Å². The molecule has 0 aromatic heterocycles. The van der Waals surface area contributed by atoms with Crippen LogP contribution in [-0.2, 0) is 17.1 Å². The molecule has 0 aliphatic carbocycles. The Hall–Kier alpha value is -0.0505. The van der Waals surface area contributed by atoms with E-state index < -0.39 is 0 Å². The van der Waals surface area contributed by atoms with Crippen LogP contribution in [-0.4, -0.2) is 0 Å². The fourth-order valence-corrected chi connectivity index (χ4v) is 2.38. The predicted molar refractivity (Wildman–Crippen MR) is 75.7 cm³/mol. The molecular weight excluding hydrogens is 351 g/mol. The van der Waals surface area contributed by atoms with Crippen LogP contribution in [0, 0.1) is 0 Å². The first-order valence-electron chi connectivity index (χ1n) is 5.37. The van der Waals surface area contributed by atoms with Gasteiger partial charge < -0.3 is 30.3 Å². The Kier molecular flexibility index (Phi) is 10.1. The normalized spacial score (nSPS) is 10.9. The van der Waals surface area contributed by atoms with E-state index in [1.807, 2.05) is 30.3 Å². The Bertz CT molecular complexity index is 293. The van der Waals surface area contributed by atoms with E-state index in [0.717, 1.165) is 3.92 Å². The van der Waals surface area contributed by atoms with Gasteiger partial charge >= 0.3 is 0 Å². The number of alkyl halides is 1. The van der Waals surface area contributed by atoms with Gasteiger partial charge in [0.15, 0.2) is 0 Å². The zero-order valence-corrected chi connectivity index (χ0v) is 12.7. The minimum absolute atomic E-state index is 0. The maximum absolute atomic E-state index is 2.50. The van der Waals surface area contributed by atoms with Gasteiger partial charge in [-0.1, -0.05) is 35.9 Å². The van der Waals surface area contributed by atoms with Gasteiger partial charge in [-0.05, 0) is 10.3 Å². The van der Waals surface area contributed by atoms with E-state index in [-0.39, 0.29) is 17.1 Å². The van der Waals surface area contributed by atoms with E-state index in [1.54, 1.807) is 0 Å². The summed E-state index contributed by atoms with van der Waals surface area (Å²) in [5.74, 6) is 0. The second-order valence-corrected chi connectivity index (χ2v) is 4.94. The molecule has 0 aliphatic heterocycles. The van der Waals surface area contributed by atoms with Gasteiger partial charge in [-0.2, -0.15) is 12.1 Å². The van der Waals surface area contributed by atoms with E-state index in [2.05, 4.69) is 53.8 Å². The molecule has 2 rings (SSSR count). The van der Waals surface area contributed by atoms with Crippen molar-refractivity contribution >= 4 is 22.6 Å². The molecule has 0 bridgehead atoms. The van der Waals surface area contributed by atoms with Crippen molar-refractivity contribution < 1.29 is 17.1 Å². The Labute approximate surface area is 123 Å². The summed E-state index contributed by atoms with van der Waals surface area (Å²) >= 11 is 2.50. The van der Waals surface area contributed by atoms with Crippen molar-refractivity contribution in [3.05, 3.63) is 60.2 Å². The summed E-state index contributed by atoms with van der Waals surface area (Å²) in [6.07, 6.45) is 2.57. The molecule has 0 radical (unpaired) electrons. The summed E-state index contributed by atoms with van der Waals surface area (Å²) in [5.41, 5.74) is 1.47. The molecule has 1 atom stereocenters. The van der Waals surface area contributed by atoms with Crippen molar-refractivity contribution in [1.29, 1.82) is 0 Å². The number of hydrogen-bond acceptors (Lipinski definition) is 0.